The minimum Gasteiger partial charge on any atom is -0.481 e. The van der Waals surface area contributed by atoms with Gasteiger partial charge in [0.1, 0.15) is 0 Å². The van der Waals surface area contributed by atoms with Crippen LogP contribution in [0.2, 0.25) is 0 Å². The molecule has 2 N–H and O–H groups in total. The van der Waals surface area contributed by atoms with E-state index in [0.29, 0.717) is 6.54 Å². The lowest BCUT2D eigenvalue weighted by atomic mass is 10.0. The SMILES string of the molecule is O=C(O)C[C@H](NC(=O)[C@@H]1CC(=O)N(C2CCCC2)C1)c1ccccc1. The van der Waals surface area contributed by atoms with Crippen LogP contribution >= 0.6 is 0 Å². The Morgan fingerprint density at radius 3 is 2.52 bits per heavy atom. The number of carboxylic acid groups (broad SMARTS) is 1. The van der Waals surface area contributed by atoms with Gasteiger partial charge in [0, 0.05) is 19.0 Å². The number of carbonyl (C=O) groups is 3. The Morgan fingerprint density at radius 1 is 1.20 bits per heavy atom. The smallest absolute Gasteiger partial charge is 0.305 e. The van der Waals surface area contributed by atoms with E-state index >= 15 is 0 Å². The van der Waals surface area contributed by atoms with Crippen molar-refractivity contribution in [3.63, 3.8) is 0 Å². The Balaban J connectivity index is 1.65. The van der Waals surface area contributed by atoms with Gasteiger partial charge in [0.05, 0.1) is 18.4 Å². The first kappa shape index (κ1) is 17.5. The molecule has 0 aromatic heterocycles. The highest BCUT2D eigenvalue weighted by Crippen LogP contribution is 2.30. The van der Waals surface area contributed by atoms with Gasteiger partial charge < -0.3 is 15.3 Å². The van der Waals surface area contributed by atoms with Crippen LogP contribution in [0.5, 0.6) is 0 Å². The number of amides is 2. The number of rotatable bonds is 6. The van der Waals surface area contributed by atoms with Crippen molar-refractivity contribution in [3.05, 3.63) is 35.9 Å². The third-order valence-electron chi connectivity index (χ3n) is 5.19. The van der Waals surface area contributed by atoms with Gasteiger partial charge in [0.2, 0.25) is 11.8 Å². The molecule has 0 bridgehead atoms. The average molecular weight is 344 g/mol. The number of nitrogens with one attached hydrogen (secondary N) is 1. The van der Waals surface area contributed by atoms with Gasteiger partial charge in [-0.15, -0.1) is 0 Å². The molecule has 1 saturated heterocycles. The Hall–Kier alpha value is -2.37. The molecule has 2 atom stereocenters. The number of nitrogens with zero attached hydrogens (tertiary/aromatic N) is 1. The van der Waals surface area contributed by atoms with Crippen molar-refractivity contribution in [1.82, 2.24) is 10.2 Å². The molecule has 2 aliphatic rings. The maximum absolute atomic E-state index is 12.6. The topological polar surface area (TPSA) is 86.7 Å². The normalized spacial score (nSPS) is 22.2. The molecule has 2 amide bonds. The molecule has 0 spiro atoms. The van der Waals surface area contributed by atoms with Gasteiger partial charge in [-0.25, -0.2) is 0 Å². The zero-order chi connectivity index (χ0) is 17.8. The van der Waals surface area contributed by atoms with E-state index in [2.05, 4.69) is 5.32 Å². The summed E-state index contributed by atoms with van der Waals surface area (Å²) in [5.41, 5.74) is 0.759. The first-order valence-corrected chi connectivity index (χ1v) is 8.91. The van der Waals surface area contributed by atoms with Crippen molar-refractivity contribution < 1.29 is 19.5 Å². The fourth-order valence-electron chi connectivity index (χ4n) is 3.88. The van der Waals surface area contributed by atoms with E-state index < -0.39 is 17.9 Å². The minimum absolute atomic E-state index is 0.0431. The van der Waals surface area contributed by atoms with Gasteiger partial charge in [-0.2, -0.15) is 0 Å². The standard InChI is InChI=1S/C19H24N2O4/c22-17-10-14(12-21(17)15-8-4-5-9-15)19(25)20-16(11-18(23)24)13-6-2-1-3-7-13/h1-3,6-7,14-16H,4-5,8-12H2,(H,20,25)(H,23,24)/t14-,16+/m1/s1. The zero-order valence-electron chi connectivity index (χ0n) is 14.2. The highest BCUT2D eigenvalue weighted by Gasteiger charge is 2.39. The van der Waals surface area contributed by atoms with Crippen molar-refractivity contribution in [2.45, 2.75) is 50.6 Å². The Bertz CT molecular complexity index is 640. The lowest BCUT2D eigenvalue weighted by molar-refractivity contribution is -0.138. The molecule has 25 heavy (non-hydrogen) atoms. The first-order valence-electron chi connectivity index (χ1n) is 8.91. The quantitative estimate of drug-likeness (QED) is 0.827. The van der Waals surface area contributed by atoms with Crippen LogP contribution in [-0.4, -0.2) is 40.4 Å². The highest BCUT2D eigenvalue weighted by molar-refractivity contribution is 5.89. The molecule has 1 aliphatic carbocycles. The molecule has 2 fully saturated rings. The van der Waals surface area contributed by atoms with Crippen LogP contribution in [0, 0.1) is 5.92 Å². The van der Waals surface area contributed by atoms with Crippen LogP contribution in [0.15, 0.2) is 30.3 Å². The number of likely N-dealkylation sites (tertiary alicyclic amines) is 1. The largest absolute Gasteiger partial charge is 0.481 e. The van der Waals surface area contributed by atoms with Crippen molar-refractivity contribution >= 4 is 17.8 Å². The molecule has 1 heterocycles. The predicted octanol–water partition coefficient (Wildman–Crippen LogP) is 2.11. The molecule has 134 valence electrons. The van der Waals surface area contributed by atoms with E-state index in [1.807, 2.05) is 23.1 Å². The van der Waals surface area contributed by atoms with Gasteiger partial charge in [0.15, 0.2) is 0 Å². The van der Waals surface area contributed by atoms with Crippen molar-refractivity contribution in [2.75, 3.05) is 6.54 Å². The summed E-state index contributed by atoms with van der Waals surface area (Å²) < 4.78 is 0. The summed E-state index contributed by atoms with van der Waals surface area (Å²) in [4.78, 5) is 37.9. The predicted molar refractivity (Wildman–Crippen MR) is 91.7 cm³/mol. The minimum atomic E-state index is -0.968. The summed E-state index contributed by atoms with van der Waals surface area (Å²) in [6.45, 7) is 0.448. The fourth-order valence-corrected chi connectivity index (χ4v) is 3.88. The summed E-state index contributed by atoms with van der Waals surface area (Å²) in [5.74, 6) is -1.55. The molecular formula is C19H24N2O4. The molecule has 3 rings (SSSR count). The van der Waals surface area contributed by atoms with E-state index in [1.165, 1.54) is 0 Å². The summed E-state index contributed by atoms with van der Waals surface area (Å²) in [6, 6.07) is 8.78. The van der Waals surface area contributed by atoms with Gasteiger partial charge in [-0.05, 0) is 18.4 Å². The number of carbonyl (C=O) groups excluding carboxylic acids is 2. The third kappa shape index (κ3) is 4.18. The second-order valence-electron chi connectivity index (χ2n) is 6.96. The van der Waals surface area contributed by atoms with Gasteiger partial charge in [-0.1, -0.05) is 43.2 Å². The molecule has 6 heteroatoms. The molecule has 1 aromatic carbocycles. The lowest BCUT2D eigenvalue weighted by Crippen LogP contribution is -2.38. The Kier molecular flexibility index (Phi) is 5.36. The van der Waals surface area contributed by atoms with E-state index in [9.17, 15) is 14.4 Å². The Morgan fingerprint density at radius 2 is 1.88 bits per heavy atom. The van der Waals surface area contributed by atoms with Crippen molar-refractivity contribution in [2.24, 2.45) is 5.92 Å². The molecular weight excluding hydrogens is 320 g/mol. The third-order valence-corrected chi connectivity index (χ3v) is 5.19. The van der Waals surface area contributed by atoms with Crippen molar-refractivity contribution in [1.29, 1.82) is 0 Å². The molecule has 1 saturated carbocycles. The van der Waals surface area contributed by atoms with Crippen LogP contribution in [0.4, 0.5) is 0 Å². The summed E-state index contributed by atoms with van der Waals surface area (Å²) in [6.07, 6.45) is 4.36. The lowest BCUT2D eigenvalue weighted by Gasteiger charge is -2.24. The van der Waals surface area contributed by atoms with Gasteiger partial charge in [-0.3, -0.25) is 14.4 Å². The van der Waals surface area contributed by atoms with Crippen LogP contribution in [-0.2, 0) is 14.4 Å². The van der Waals surface area contributed by atoms with E-state index in [1.54, 1.807) is 12.1 Å². The van der Waals surface area contributed by atoms with Crippen LogP contribution < -0.4 is 5.32 Å². The molecule has 6 nitrogen and oxygen atoms in total. The zero-order valence-corrected chi connectivity index (χ0v) is 14.2. The van der Waals surface area contributed by atoms with Gasteiger partial charge in [0.25, 0.3) is 0 Å². The van der Waals surface area contributed by atoms with E-state index in [0.717, 1.165) is 31.2 Å². The molecule has 0 radical (unpaired) electrons. The molecule has 1 aromatic rings. The summed E-state index contributed by atoms with van der Waals surface area (Å²) >= 11 is 0. The number of hydrogen-bond acceptors (Lipinski definition) is 3. The average Bonchev–Trinajstić information content (AvgIpc) is 3.24. The van der Waals surface area contributed by atoms with E-state index in [-0.39, 0.29) is 30.7 Å². The van der Waals surface area contributed by atoms with Crippen LogP contribution in [0.1, 0.15) is 50.1 Å². The maximum atomic E-state index is 12.6. The summed E-state index contributed by atoms with van der Waals surface area (Å²) in [7, 11) is 0. The van der Waals surface area contributed by atoms with Crippen molar-refractivity contribution in [3.8, 4) is 0 Å². The first-order chi connectivity index (χ1) is 12.0. The number of aliphatic carboxylic acids is 1. The molecule has 0 unspecified atom stereocenters. The van der Waals surface area contributed by atoms with Gasteiger partial charge >= 0.3 is 5.97 Å². The van der Waals surface area contributed by atoms with Crippen LogP contribution in [0.3, 0.4) is 0 Å². The second-order valence-corrected chi connectivity index (χ2v) is 6.96. The fraction of sp³-hybridized carbons (Fsp3) is 0.526. The summed E-state index contributed by atoms with van der Waals surface area (Å²) in [5, 5.41) is 12.0. The number of benzene rings is 1. The molecule has 1 aliphatic heterocycles. The van der Waals surface area contributed by atoms with E-state index in [4.69, 9.17) is 5.11 Å². The maximum Gasteiger partial charge on any atom is 0.305 e. The highest BCUT2D eigenvalue weighted by atomic mass is 16.4. The second kappa shape index (κ2) is 7.68. The number of carboxylic acids is 1. The monoisotopic (exact) mass is 344 g/mol. The van der Waals surface area contributed by atoms with Crippen LogP contribution in [0.25, 0.3) is 0 Å². The Labute approximate surface area is 147 Å². The number of hydrogen-bond donors (Lipinski definition) is 2.